The lowest BCUT2D eigenvalue weighted by Gasteiger charge is -2.06. The normalized spacial score (nSPS) is 10.0. The Morgan fingerprint density at radius 2 is 1.85 bits per heavy atom. The zero-order valence-electron chi connectivity index (χ0n) is 10.4. The lowest BCUT2D eigenvalue weighted by atomic mass is 10.1. The molecule has 0 fully saturated rings. The van der Waals surface area contributed by atoms with E-state index in [1.807, 2.05) is 0 Å². The summed E-state index contributed by atoms with van der Waals surface area (Å²) in [6.45, 7) is 0.237. The number of aromatic nitrogens is 1. The number of aromatic hydroxyl groups is 1. The molecule has 3 N–H and O–H groups in total. The number of carbonyl (C=O) groups excluding carboxylic acids is 1. The first-order chi connectivity index (χ1) is 9.58. The molecule has 6 heteroatoms. The lowest BCUT2D eigenvalue weighted by Crippen LogP contribution is -2.22. The van der Waals surface area contributed by atoms with Gasteiger partial charge in [0, 0.05) is 12.7 Å². The zero-order chi connectivity index (χ0) is 14.5. The van der Waals surface area contributed by atoms with E-state index in [0.29, 0.717) is 0 Å². The molecule has 0 bridgehead atoms. The monoisotopic (exact) mass is 272 g/mol. The van der Waals surface area contributed by atoms with Gasteiger partial charge >= 0.3 is 5.97 Å². The minimum Gasteiger partial charge on any atom is -0.505 e. The fraction of sp³-hybridized carbons (Fsp3) is 0.0714. The van der Waals surface area contributed by atoms with Gasteiger partial charge < -0.3 is 15.5 Å². The van der Waals surface area contributed by atoms with Crippen molar-refractivity contribution in [3.63, 3.8) is 0 Å². The van der Waals surface area contributed by atoms with Crippen molar-refractivity contribution < 1.29 is 19.8 Å². The Hall–Kier alpha value is -2.89. The minimum absolute atomic E-state index is 0.141. The van der Waals surface area contributed by atoms with Gasteiger partial charge in [0.1, 0.15) is 5.75 Å². The van der Waals surface area contributed by atoms with E-state index in [1.165, 1.54) is 30.6 Å². The first-order valence-corrected chi connectivity index (χ1v) is 5.81. The van der Waals surface area contributed by atoms with E-state index in [9.17, 15) is 14.7 Å². The van der Waals surface area contributed by atoms with Gasteiger partial charge in [0.2, 0.25) is 0 Å². The van der Waals surface area contributed by atoms with Crippen molar-refractivity contribution in [3.8, 4) is 5.75 Å². The van der Waals surface area contributed by atoms with Gasteiger partial charge in [-0.1, -0.05) is 12.1 Å². The molecule has 2 aromatic rings. The Balaban J connectivity index is 2.00. The van der Waals surface area contributed by atoms with E-state index in [2.05, 4.69) is 10.3 Å². The van der Waals surface area contributed by atoms with Gasteiger partial charge in [-0.3, -0.25) is 9.78 Å². The number of pyridine rings is 1. The van der Waals surface area contributed by atoms with E-state index in [1.54, 1.807) is 12.1 Å². The second kappa shape index (κ2) is 5.83. The predicted octanol–water partition coefficient (Wildman–Crippen LogP) is 1.42. The number of hydrogen-bond acceptors (Lipinski definition) is 4. The summed E-state index contributed by atoms with van der Waals surface area (Å²) in [6, 6.07) is 7.59. The van der Waals surface area contributed by atoms with Crippen LogP contribution < -0.4 is 5.32 Å². The molecule has 1 aromatic carbocycles. The number of carboxylic acids is 1. The molecule has 1 aromatic heterocycles. The third kappa shape index (κ3) is 3.11. The number of benzene rings is 1. The largest absolute Gasteiger partial charge is 0.505 e. The van der Waals surface area contributed by atoms with Crippen molar-refractivity contribution in [1.29, 1.82) is 0 Å². The number of nitrogens with one attached hydrogen (secondary N) is 1. The van der Waals surface area contributed by atoms with Gasteiger partial charge in [0.15, 0.2) is 0 Å². The molecule has 0 aliphatic heterocycles. The summed E-state index contributed by atoms with van der Waals surface area (Å²) >= 11 is 0. The molecule has 0 radical (unpaired) electrons. The fourth-order valence-corrected chi connectivity index (χ4v) is 1.62. The highest BCUT2D eigenvalue weighted by Crippen LogP contribution is 2.13. The van der Waals surface area contributed by atoms with Gasteiger partial charge in [-0.05, 0) is 23.8 Å². The van der Waals surface area contributed by atoms with Crippen LogP contribution in [-0.2, 0) is 6.54 Å². The van der Waals surface area contributed by atoms with Crippen LogP contribution in [0.4, 0.5) is 0 Å². The predicted molar refractivity (Wildman–Crippen MR) is 70.5 cm³/mol. The molecule has 0 saturated heterocycles. The van der Waals surface area contributed by atoms with Crippen molar-refractivity contribution in [1.82, 2.24) is 10.3 Å². The van der Waals surface area contributed by atoms with Crippen LogP contribution >= 0.6 is 0 Å². The van der Waals surface area contributed by atoms with Gasteiger partial charge in [-0.25, -0.2) is 4.79 Å². The molecule has 1 amide bonds. The van der Waals surface area contributed by atoms with Crippen LogP contribution in [0.2, 0.25) is 0 Å². The smallest absolute Gasteiger partial charge is 0.335 e. The number of carboxylic acid groups (broad SMARTS) is 1. The summed E-state index contributed by atoms with van der Waals surface area (Å²) in [6.07, 6.45) is 2.60. The number of hydrogen-bond donors (Lipinski definition) is 3. The molecule has 20 heavy (non-hydrogen) atoms. The molecule has 0 spiro atoms. The maximum atomic E-state index is 11.8. The quantitative estimate of drug-likeness (QED) is 0.781. The van der Waals surface area contributed by atoms with Crippen LogP contribution in [0.5, 0.6) is 5.75 Å². The van der Waals surface area contributed by atoms with Crippen molar-refractivity contribution in [2.45, 2.75) is 6.54 Å². The molecule has 0 unspecified atom stereocenters. The number of amides is 1. The summed E-state index contributed by atoms with van der Waals surface area (Å²) in [4.78, 5) is 26.2. The SMILES string of the molecule is O=C(O)c1ccc(CNC(=O)c2ccncc2O)cc1. The average molecular weight is 272 g/mol. The third-order valence-electron chi connectivity index (χ3n) is 2.70. The van der Waals surface area contributed by atoms with Gasteiger partial charge in [-0.15, -0.1) is 0 Å². The molecule has 0 aliphatic carbocycles. The van der Waals surface area contributed by atoms with Crippen LogP contribution in [0.25, 0.3) is 0 Å². The van der Waals surface area contributed by atoms with Crippen LogP contribution in [0.15, 0.2) is 42.7 Å². The second-order valence-corrected chi connectivity index (χ2v) is 4.08. The number of rotatable bonds is 4. The van der Waals surface area contributed by atoms with Gasteiger partial charge in [0.25, 0.3) is 5.91 Å². The molecular formula is C14H12N2O4. The molecule has 1 heterocycles. The minimum atomic E-state index is -0.998. The van der Waals surface area contributed by atoms with E-state index in [0.717, 1.165) is 5.56 Å². The van der Waals surface area contributed by atoms with Gasteiger partial charge in [-0.2, -0.15) is 0 Å². The maximum absolute atomic E-state index is 11.8. The van der Waals surface area contributed by atoms with E-state index in [4.69, 9.17) is 5.11 Å². The number of nitrogens with zero attached hydrogens (tertiary/aromatic N) is 1. The van der Waals surface area contributed by atoms with Crippen molar-refractivity contribution in [2.24, 2.45) is 0 Å². The van der Waals surface area contributed by atoms with E-state index in [-0.39, 0.29) is 23.4 Å². The molecular weight excluding hydrogens is 260 g/mol. The standard InChI is InChI=1S/C14H12N2O4/c17-12-8-15-6-5-11(12)13(18)16-7-9-1-3-10(4-2-9)14(19)20/h1-6,8,17H,7H2,(H,16,18)(H,19,20). The molecule has 0 atom stereocenters. The summed E-state index contributed by atoms with van der Waals surface area (Å²) < 4.78 is 0. The average Bonchev–Trinajstić information content (AvgIpc) is 2.45. The Labute approximate surface area is 114 Å². The van der Waals surface area contributed by atoms with Gasteiger partial charge in [0.05, 0.1) is 17.3 Å². The highest BCUT2D eigenvalue weighted by molar-refractivity contribution is 5.96. The van der Waals surface area contributed by atoms with E-state index < -0.39 is 11.9 Å². The van der Waals surface area contributed by atoms with Crippen LogP contribution in [-0.4, -0.2) is 27.1 Å². The Kier molecular flexibility index (Phi) is 3.95. The van der Waals surface area contributed by atoms with Crippen LogP contribution in [0, 0.1) is 0 Å². The van der Waals surface area contributed by atoms with Crippen LogP contribution in [0.3, 0.4) is 0 Å². The summed E-state index contributed by atoms with van der Waals surface area (Å²) in [7, 11) is 0. The first-order valence-electron chi connectivity index (χ1n) is 5.81. The summed E-state index contributed by atoms with van der Waals surface area (Å²) in [5.74, 6) is -1.61. The third-order valence-corrected chi connectivity index (χ3v) is 2.70. The zero-order valence-corrected chi connectivity index (χ0v) is 10.4. The summed E-state index contributed by atoms with van der Waals surface area (Å²) in [5.41, 5.74) is 1.09. The van der Waals surface area contributed by atoms with Crippen molar-refractivity contribution in [2.75, 3.05) is 0 Å². The summed E-state index contributed by atoms with van der Waals surface area (Å²) in [5, 5.41) is 20.9. The molecule has 6 nitrogen and oxygen atoms in total. The second-order valence-electron chi connectivity index (χ2n) is 4.08. The maximum Gasteiger partial charge on any atom is 0.335 e. The Bertz CT molecular complexity index is 638. The molecule has 102 valence electrons. The number of aromatic carboxylic acids is 1. The highest BCUT2D eigenvalue weighted by atomic mass is 16.4. The highest BCUT2D eigenvalue weighted by Gasteiger charge is 2.10. The fourth-order valence-electron chi connectivity index (χ4n) is 1.62. The van der Waals surface area contributed by atoms with Crippen molar-refractivity contribution >= 4 is 11.9 Å². The Morgan fingerprint density at radius 3 is 2.45 bits per heavy atom. The first kappa shape index (κ1) is 13.5. The lowest BCUT2D eigenvalue weighted by molar-refractivity contribution is 0.0696. The Morgan fingerprint density at radius 1 is 1.15 bits per heavy atom. The number of carbonyl (C=O) groups is 2. The van der Waals surface area contributed by atoms with Crippen molar-refractivity contribution in [3.05, 3.63) is 59.4 Å². The van der Waals surface area contributed by atoms with E-state index >= 15 is 0 Å². The van der Waals surface area contributed by atoms with Crippen LogP contribution in [0.1, 0.15) is 26.3 Å². The molecule has 0 aliphatic rings. The molecule has 2 rings (SSSR count). The topological polar surface area (TPSA) is 99.5 Å². The molecule has 0 saturated carbocycles.